The molecule has 0 aliphatic carbocycles. The lowest BCUT2D eigenvalue weighted by Gasteiger charge is -2.36. The number of fused-ring (bicyclic) bond motifs is 2. The van der Waals surface area contributed by atoms with E-state index in [2.05, 4.69) is 4.98 Å². The van der Waals surface area contributed by atoms with Crippen molar-refractivity contribution in [2.45, 2.75) is 18.6 Å². The van der Waals surface area contributed by atoms with E-state index in [1.807, 2.05) is 66.9 Å². The molecule has 1 fully saturated rings. The summed E-state index contributed by atoms with van der Waals surface area (Å²) >= 11 is 0. The van der Waals surface area contributed by atoms with Crippen LogP contribution in [0.25, 0.3) is 5.65 Å². The number of esters is 1. The highest BCUT2D eigenvalue weighted by molar-refractivity contribution is 6.20. The van der Waals surface area contributed by atoms with Crippen LogP contribution in [-0.4, -0.2) is 74.1 Å². The monoisotopic (exact) mass is 646 g/mol. The molecule has 3 amide bonds. The van der Waals surface area contributed by atoms with Gasteiger partial charge in [0.15, 0.2) is 6.10 Å². The molecule has 0 radical (unpaired) electrons. The average Bonchev–Trinajstić information content (AvgIpc) is 3.60. The van der Waals surface area contributed by atoms with Crippen molar-refractivity contribution < 1.29 is 38.6 Å². The maximum Gasteiger partial charge on any atom is 0.407 e. The summed E-state index contributed by atoms with van der Waals surface area (Å²) in [7, 11) is 0. The van der Waals surface area contributed by atoms with Crippen LogP contribution in [-0.2, 0) is 20.8 Å². The van der Waals surface area contributed by atoms with Crippen LogP contribution in [0.5, 0.6) is 5.75 Å². The van der Waals surface area contributed by atoms with Gasteiger partial charge in [-0.1, -0.05) is 72.8 Å². The lowest BCUT2D eigenvalue weighted by molar-refractivity contribution is -0.187. The second-order valence-corrected chi connectivity index (χ2v) is 11.6. The lowest BCUT2D eigenvalue weighted by atomic mass is 9.95. The van der Waals surface area contributed by atoms with Crippen molar-refractivity contribution in [2.24, 2.45) is 5.92 Å². The van der Waals surface area contributed by atoms with E-state index in [-0.39, 0.29) is 23.7 Å². The van der Waals surface area contributed by atoms with Gasteiger partial charge in [-0.05, 0) is 47.7 Å². The van der Waals surface area contributed by atoms with E-state index in [1.54, 1.807) is 34.9 Å². The Morgan fingerprint density at radius 1 is 0.812 bits per heavy atom. The Bertz CT molecular complexity index is 1920. The smallest absolute Gasteiger partial charge is 0.407 e. The maximum absolute atomic E-state index is 13.9. The molecule has 0 saturated carbocycles. The van der Waals surface area contributed by atoms with E-state index < -0.39 is 36.1 Å². The fourth-order valence-electron chi connectivity index (χ4n) is 5.84. The Morgan fingerprint density at radius 2 is 1.42 bits per heavy atom. The highest BCUT2D eigenvalue weighted by Crippen LogP contribution is 2.29. The second-order valence-electron chi connectivity index (χ2n) is 11.6. The van der Waals surface area contributed by atoms with E-state index in [0.717, 1.165) is 16.8 Å². The number of pyridine rings is 1. The van der Waals surface area contributed by atoms with Gasteiger partial charge < -0.3 is 23.9 Å². The number of aromatic nitrogens is 2. The van der Waals surface area contributed by atoms with Gasteiger partial charge in [0, 0.05) is 19.3 Å². The Balaban J connectivity index is 1.11. The van der Waals surface area contributed by atoms with Gasteiger partial charge in [-0.3, -0.25) is 9.59 Å². The summed E-state index contributed by atoms with van der Waals surface area (Å²) in [6, 6.07) is 28.2. The zero-order valence-corrected chi connectivity index (χ0v) is 25.5. The second kappa shape index (κ2) is 13.0. The molecule has 1 atom stereocenters. The van der Waals surface area contributed by atoms with Crippen LogP contribution < -0.4 is 4.74 Å². The van der Waals surface area contributed by atoms with Crippen LogP contribution in [0.4, 0.5) is 4.79 Å². The van der Waals surface area contributed by atoms with E-state index in [1.165, 1.54) is 17.0 Å². The minimum Gasteiger partial charge on any atom is -0.489 e. The van der Waals surface area contributed by atoms with Gasteiger partial charge in [-0.15, -0.1) is 5.06 Å². The third-order valence-corrected chi connectivity index (χ3v) is 8.29. The molecule has 242 valence electrons. The summed E-state index contributed by atoms with van der Waals surface area (Å²) in [5.74, 6) is -1.66. The van der Waals surface area contributed by atoms with Gasteiger partial charge >= 0.3 is 12.1 Å². The van der Waals surface area contributed by atoms with E-state index in [0.29, 0.717) is 36.0 Å². The number of hydrogen-bond acceptors (Lipinski definition) is 8. The fourth-order valence-corrected chi connectivity index (χ4v) is 5.84. The number of ether oxygens (including phenoxy) is 2. The van der Waals surface area contributed by atoms with Crippen molar-refractivity contribution in [3.8, 4) is 5.75 Å². The van der Waals surface area contributed by atoms with E-state index in [4.69, 9.17) is 19.4 Å². The van der Waals surface area contributed by atoms with Crippen molar-refractivity contribution >= 4 is 29.5 Å². The van der Waals surface area contributed by atoms with E-state index in [9.17, 15) is 19.2 Å². The summed E-state index contributed by atoms with van der Waals surface area (Å²) < 4.78 is 13.8. The van der Waals surface area contributed by atoms with E-state index >= 15 is 0 Å². The van der Waals surface area contributed by atoms with Crippen molar-refractivity contribution in [3.05, 3.63) is 137 Å². The molecule has 12 nitrogen and oxygen atoms in total. The van der Waals surface area contributed by atoms with Crippen LogP contribution in [0.2, 0.25) is 0 Å². The predicted molar refractivity (Wildman–Crippen MR) is 170 cm³/mol. The van der Waals surface area contributed by atoms with Gasteiger partial charge in [-0.2, -0.15) is 0 Å². The number of benzene rings is 3. The normalized spacial score (nSPS) is 15.0. The number of amides is 3. The minimum atomic E-state index is -1.51. The first kappa shape index (κ1) is 30.6. The number of hydrogen-bond donors (Lipinski definition) is 1. The third kappa shape index (κ3) is 6.20. The number of nitrogens with zero attached hydrogens (tertiary/aromatic N) is 4. The zero-order chi connectivity index (χ0) is 33.2. The summed E-state index contributed by atoms with van der Waals surface area (Å²) in [6.45, 7) is 0.553. The number of imide groups is 1. The first-order valence-electron chi connectivity index (χ1n) is 15.4. The van der Waals surface area contributed by atoms with Gasteiger partial charge in [0.1, 0.15) is 18.0 Å². The lowest BCUT2D eigenvalue weighted by Crippen LogP contribution is -2.50. The average molecular weight is 647 g/mol. The maximum atomic E-state index is 13.9. The summed E-state index contributed by atoms with van der Waals surface area (Å²) in [4.78, 5) is 63.1. The molecular weight excluding hydrogens is 616 g/mol. The number of hydroxylamine groups is 2. The summed E-state index contributed by atoms with van der Waals surface area (Å²) in [5, 5.41) is 9.68. The molecule has 4 heterocycles. The van der Waals surface area contributed by atoms with Crippen LogP contribution in [0.3, 0.4) is 0 Å². The molecule has 1 unspecified atom stereocenters. The summed E-state index contributed by atoms with van der Waals surface area (Å²) in [5.41, 5.74) is 3.25. The first-order valence-corrected chi connectivity index (χ1v) is 15.4. The van der Waals surface area contributed by atoms with Crippen molar-refractivity contribution in [3.63, 3.8) is 0 Å². The Hall–Kier alpha value is -6.01. The molecule has 2 aliphatic heterocycles. The van der Waals surface area contributed by atoms with Gasteiger partial charge in [0.2, 0.25) is 6.10 Å². The molecule has 7 rings (SSSR count). The highest BCUT2D eigenvalue weighted by atomic mass is 16.7. The number of rotatable bonds is 11. The number of carbonyl (C=O) groups excluding carboxylic acids is 3. The SMILES string of the molecule is O=C(OC(c1ccccc1)c1ccccc1)C(COc1ccc2nc(CC3CN(C(=O)O)C3)cn2c1)ON1C(=O)c2ccccc2C1=O. The standard InChI is InChI=1S/C36H30N4O8/c41-33-28-13-7-8-14-29(28)34(42)40(33)48-30(35(43)47-32(24-9-3-1-4-10-24)25-11-5-2-6-12-25)22-46-27-15-16-31-37-26(20-38(31)21-27)17-23-18-39(19-23)36(44)45/h1-16,20-21,23,30,32H,17-19,22H2,(H,44,45). The molecule has 0 bridgehead atoms. The Morgan fingerprint density at radius 3 is 2.02 bits per heavy atom. The molecule has 12 heteroatoms. The van der Waals surface area contributed by atoms with Gasteiger partial charge in [0.25, 0.3) is 11.8 Å². The van der Waals surface area contributed by atoms with Crippen molar-refractivity contribution in [1.82, 2.24) is 19.3 Å². The van der Waals surface area contributed by atoms with Crippen LogP contribution in [0, 0.1) is 5.92 Å². The molecular formula is C36H30N4O8. The number of imidazole rings is 1. The number of carboxylic acid groups (broad SMARTS) is 1. The molecule has 2 aromatic heterocycles. The molecule has 1 N–H and O–H groups in total. The molecule has 0 spiro atoms. The molecule has 3 aromatic carbocycles. The number of carbonyl (C=O) groups is 4. The molecule has 5 aromatic rings. The Kier molecular flexibility index (Phi) is 8.30. The van der Waals surface area contributed by atoms with Crippen LogP contribution in [0.15, 0.2) is 109 Å². The largest absolute Gasteiger partial charge is 0.489 e. The highest BCUT2D eigenvalue weighted by Gasteiger charge is 2.41. The van der Waals surface area contributed by atoms with Crippen molar-refractivity contribution in [1.29, 1.82) is 0 Å². The minimum absolute atomic E-state index is 0.168. The van der Waals surface area contributed by atoms with Crippen LogP contribution in [0.1, 0.15) is 43.6 Å². The topological polar surface area (TPSA) is 140 Å². The van der Waals surface area contributed by atoms with Crippen molar-refractivity contribution in [2.75, 3.05) is 19.7 Å². The molecule has 1 saturated heterocycles. The van der Waals surface area contributed by atoms with Gasteiger partial charge in [0.05, 0.1) is 23.0 Å². The fraction of sp³-hybridized carbons (Fsp3) is 0.194. The molecule has 48 heavy (non-hydrogen) atoms. The predicted octanol–water partition coefficient (Wildman–Crippen LogP) is 4.79. The molecule has 2 aliphatic rings. The first-order chi connectivity index (χ1) is 23.3. The van der Waals surface area contributed by atoms with Crippen LogP contribution >= 0.6 is 0 Å². The van der Waals surface area contributed by atoms with Gasteiger partial charge in [-0.25, -0.2) is 19.4 Å². The zero-order valence-electron chi connectivity index (χ0n) is 25.5. The summed E-state index contributed by atoms with van der Waals surface area (Å²) in [6.07, 6.45) is 0.939. The Labute approximate surface area is 274 Å². The quantitative estimate of drug-likeness (QED) is 0.158. The third-order valence-electron chi connectivity index (χ3n) is 8.29. The number of likely N-dealkylation sites (tertiary alicyclic amines) is 1.